The second-order valence-electron chi connectivity index (χ2n) is 5.07. The highest BCUT2D eigenvalue weighted by Crippen LogP contribution is 2.20. The van der Waals surface area contributed by atoms with Crippen molar-refractivity contribution in [3.05, 3.63) is 0 Å². The lowest BCUT2D eigenvalue weighted by molar-refractivity contribution is -0.130. The van der Waals surface area contributed by atoms with Crippen LogP contribution in [0, 0.1) is 5.41 Å². The van der Waals surface area contributed by atoms with Crippen molar-refractivity contribution in [2.24, 2.45) is 11.1 Å². The van der Waals surface area contributed by atoms with Crippen molar-refractivity contribution in [3.63, 3.8) is 0 Å². The fourth-order valence-corrected chi connectivity index (χ4v) is 1.69. The smallest absolute Gasteiger partial charge is 0.227 e. The molecule has 0 aromatic carbocycles. The highest BCUT2D eigenvalue weighted by molar-refractivity contribution is 5.82. The Bertz CT molecular complexity index is 221. The van der Waals surface area contributed by atoms with Crippen LogP contribution in [0.3, 0.4) is 0 Å². The lowest BCUT2D eigenvalue weighted by Crippen LogP contribution is -2.47. The Labute approximate surface area is 91.2 Å². The highest BCUT2D eigenvalue weighted by Gasteiger charge is 2.29. The third-order valence-corrected chi connectivity index (χ3v) is 3.16. The topological polar surface area (TPSA) is 75.4 Å². The molecule has 0 unspecified atom stereocenters. The third kappa shape index (κ3) is 3.47. The zero-order valence-electron chi connectivity index (χ0n) is 9.62. The number of hydrogen-bond acceptors (Lipinski definition) is 3. The fourth-order valence-electron chi connectivity index (χ4n) is 1.69. The van der Waals surface area contributed by atoms with E-state index in [1.54, 1.807) is 0 Å². The number of nitrogens with one attached hydrogen (secondary N) is 1. The van der Waals surface area contributed by atoms with Crippen LogP contribution in [0.4, 0.5) is 0 Å². The van der Waals surface area contributed by atoms with Gasteiger partial charge in [-0.2, -0.15) is 0 Å². The van der Waals surface area contributed by atoms with E-state index in [1.807, 2.05) is 13.8 Å². The molecule has 4 nitrogen and oxygen atoms in total. The number of aliphatic hydroxyl groups is 1. The second kappa shape index (κ2) is 4.94. The van der Waals surface area contributed by atoms with E-state index < -0.39 is 5.41 Å². The largest absolute Gasteiger partial charge is 0.393 e. The summed E-state index contributed by atoms with van der Waals surface area (Å²) in [6, 6.07) is 0.215. The monoisotopic (exact) mass is 214 g/mol. The van der Waals surface area contributed by atoms with Gasteiger partial charge in [0.15, 0.2) is 0 Å². The molecule has 15 heavy (non-hydrogen) atoms. The summed E-state index contributed by atoms with van der Waals surface area (Å²) < 4.78 is 0. The van der Waals surface area contributed by atoms with Gasteiger partial charge in [0.1, 0.15) is 0 Å². The Balaban J connectivity index is 2.39. The fraction of sp³-hybridized carbons (Fsp3) is 0.909. The SMILES string of the molecule is CC(C)(CN)C(=O)NC1CCC(O)CC1. The summed E-state index contributed by atoms with van der Waals surface area (Å²) in [6.07, 6.45) is 3.13. The molecule has 0 heterocycles. The molecule has 0 aliphatic heterocycles. The summed E-state index contributed by atoms with van der Waals surface area (Å²) in [4.78, 5) is 11.8. The maximum absolute atomic E-state index is 11.8. The minimum Gasteiger partial charge on any atom is -0.393 e. The summed E-state index contributed by atoms with van der Waals surface area (Å²) in [5.41, 5.74) is 5.04. The van der Waals surface area contributed by atoms with Crippen molar-refractivity contribution in [3.8, 4) is 0 Å². The van der Waals surface area contributed by atoms with Gasteiger partial charge in [-0.1, -0.05) is 0 Å². The third-order valence-electron chi connectivity index (χ3n) is 3.16. The van der Waals surface area contributed by atoms with E-state index in [9.17, 15) is 9.90 Å². The van der Waals surface area contributed by atoms with Crippen molar-refractivity contribution in [1.82, 2.24) is 5.32 Å². The first-order chi connectivity index (χ1) is 6.95. The number of amides is 1. The van der Waals surface area contributed by atoms with E-state index in [-0.39, 0.29) is 18.1 Å². The first-order valence-electron chi connectivity index (χ1n) is 5.65. The van der Waals surface area contributed by atoms with E-state index in [0.717, 1.165) is 25.7 Å². The van der Waals surface area contributed by atoms with Crippen molar-refractivity contribution in [2.45, 2.75) is 51.7 Å². The van der Waals surface area contributed by atoms with Crippen molar-refractivity contribution in [2.75, 3.05) is 6.54 Å². The maximum atomic E-state index is 11.8. The van der Waals surface area contributed by atoms with E-state index >= 15 is 0 Å². The van der Waals surface area contributed by atoms with Crippen LogP contribution in [0.2, 0.25) is 0 Å². The van der Waals surface area contributed by atoms with Crippen LogP contribution in [0.15, 0.2) is 0 Å². The van der Waals surface area contributed by atoms with Crippen LogP contribution in [0.5, 0.6) is 0 Å². The van der Waals surface area contributed by atoms with Crippen LogP contribution >= 0.6 is 0 Å². The van der Waals surface area contributed by atoms with E-state index in [1.165, 1.54) is 0 Å². The minimum absolute atomic E-state index is 0.0198. The molecule has 0 radical (unpaired) electrons. The number of carbonyl (C=O) groups is 1. The van der Waals surface area contributed by atoms with Gasteiger partial charge >= 0.3 is 0 Å². The molecular weight excluding hydrogens is 192 g/mol. The number of rotatable bonds is 3. The van der Waals surface area contributed by atoms with Gasteiger partial charge < -0.3 is 16.2 Å². The molecule has 0 aromatic rings. The first kappa shape index (κ1) is 12.5. The molecule has 88 valence electrons. The van der Waals surface area contributed by atoms with Crippen LogP contribution in [-0.2, 0) is 4.79 Å². The quantitative estimate of drug-likeness (QED) is 0.636. The molecule has 1 rings (SSSR count). The molecule has 1 aliphatic carbocycles. The second-order valence-corrected chi connectivity index (χ2v) is 5.07. The first-order valence-corrected chi connectivity index (χ1v) is 5.65. The molecule has 4 heteroatoms. The van der Waals surface area contributed by atoms with E-state index in [2.05, 4.69) is 5.32 Å². The van der Waals surface area contributed by atoms with Crippen molar-refractivity contribution >= 4 is 5.91 Å². The average Bonchev–Trinajstić information content (AvgIpc) is 2.21. The normalized spacial score (nSPS) is 27.5. The number of nitrogens with two attached hydrogens (primary N) is 1. The number of hydrogen-bond donors (Lipinski definition) is 3. The van der Waals surface area contributed by atoms with Crippen LogP contribution < -0.4 is 11.1 Å². The van der Waals surface area contributed by atoms with Crippen LogP contribution in [0.25, 0.3) is 0 Å². The van der Waals surface area contributed by atoms with Gasteiger partial charge in [0.25, 0.3) is 0 Å². The number of aliphatic hydroxyl groups excluding tert-OH is 1. The van der Waals surface area contributed by atoms with Gasteiger partial charge in [0.2, 0.25) is 5.91 Å². The molecule has 0 aromatic heterocycles. The summed E-state index contributed by atoms with van der Waals surface area (Å²) in [5, 5.41) is 12.3. The van der Waals surface area contributed by atoms with Gasteiger partial charge in [-0.15, -0.1) is 0 Å². The lowest BCUT2D eigenvalue weighted by Gasteiger charge is -2.30. The van der Waals surface area contributed by atoms with E-state index in [0.29, 0.717) is 6.54 Å². The molecule has 1 aliphatic rings. The van der Waals surface area contributed by atoms with Crippen LogP contribution in [-0.4, -0.2) is 29.7 Å². The molecule has 1 saturated carbocycles. The summed E-state index contributed by atoms with van der Waals surface area (Å²) in [7, 11) is 0. The van der Waals surface area contributed by atoms with Gasteiger partial charge in [0.05, 0.1) is 11.5 Å². The molecule has 0 atom stereocenters. The van der Waals surface area contributed by atoms with Crippen LogP contribution in [0.1, 0.15) is 39.5 Å². The predicted molar refractivity (Wildman–Crippen MR) is 59.2 cm³/mol. The Morgan fingerprint density at radius 1 is 1.40 bits per heavy atom. The molecule has 0 spiro atoms. The Kier molecular flexibility index (Phi) is 4.11. The molecule has 1 fully saturated rings. The number of carbonyl (C=O) groups excluding carboxylic acids is 1. The molecular formula is C11H22N2O2. The molecule has 1 amide bonds. The Morgan fingerprint density at radius 3 is 2.40 bits per heavy atom. The summed E-state index contributed by atoms with van der Waals surface area (Å²) >= 11 is 0. The molecule has 0 saturated heterocycles. The lowest BCUT2D eigenvalue weighted by atomic mass is 9.89. The summed E-state index contributed by atoms with van der Waals surface area (Å²) in [5.74, 6) is 0.0198. The van der Waals surface area contributed by atoms with Crippen molar-refractivity contribution < 1.29 is 9.90 Å². The highest BCUT2D eigenvalue weighted by atomic mass is 16.3. The maximum Gasteiger partial charge on any atom is 0.227 e. The minimum atomic E-state index is -0.490. The predicted octanol–water partition coefficient (Wildman–Crippen LogP) is 0.391. The average molecular weight is 214 g/mol. The Morgan fingerprint density at radius 2 is 1.93 bits per heavy atom. The van der Waals surface area contributed by atoms with Gasteiger partial charge in [-0.05, 0) is 39.5 Å². The van der Waals surface area contributed by atoms with Gasteiger partial charge in [-0.25, -0.2) is 0 Å². The molecule has 0 bridgehead atoms. The standard InChI is InChI=1S/C11H22N2O2/c1-11(2,7-12)10(15)13-8-3-5-9(14)6-4-8/h8-9,14H,3-7,12H2,1-2H3,(H,13,15). The zero-order chi connectivity index (χ0) is 11.5. The Hall–Kier alpha value is -0.610. The zero-order valence-corrected chi connectivity index (χ0v) is 9.62. The van der Waals surface area contributed by atoms with E-state index in [4.69, 9.17) is 5.73 Å². The summed E-state index contributed by atoms with van der Waals surface area (Å²) in [6.45, 7) is 4.05. The van der Waals surface area contributed by atoms with Crippen molar-refractivity contribution in [1.29, 1.82) is 0 Å². The van der Waals surface area contributed by atoms with Gasteiger partial charge in [-0.3, -0.25) is 4.79 Å². The van der Waals surface area contributed by atoms with Gasteiger partial charge in [0, 0.05) is 12.6 Å². The molecule has 4 N–H and O–H groups in total.